The van der Waals surface area contributed by atoms with Crippen molar-refractivity contribution in [3.05, 3.63) is 76.3 Å². The molecule has 0 aliphatic rings. The second-order valence-electron chi connectivity index (χ2n) is 5.68. The van der Waals surface area contributed by atoms with Crippen LogP contribution in [-0.4, -0.2) is 15.4 Å². The van der Waals surface area contributed by atoms with Gasteiger partial charge in [0.2, 0.25) is 0 Å². The molecule has 28 heavy (non-hydrogen) atoms. The predicted molar refractivity (Wildman–Crippen MR) is 107 cm³/mol. The van der Waals surface area contributed by atoms with E-state index in [0.29, 0.717) is 38.4 Å². The first-order chi connectivity index (χ1) is 13.7. The van der Waals surface area contributed by atoms with Crippen molar-refractivity contribution in [3.8, 4) is 17.0 Å². The summed E-state index contributed by atoms with van der Waals surface area (Å²) in [6, 6.07) is 16.3. The van der Waals surface area contributed by atoms with E-state index >= 15 is 0 Å². The van der Waals surface area contributed by atoms with Gasteiger partial charge in [-0.05, 0) is 36.4 Å². The lowest BCUT2D eigenvalue weighted by Gasteiger charge is -2.02. The van der Waals surface area contributed by atoms with E-state index in [2.05, 4.69) is 15.4 Å². The van der Waals surface area contributed by atoms with Crippen LogP contribution >= 0.6 is 35.0 Å². The minimum absolute atomic E-state index is 0.179. The molecule has 0 saturated carbocycles. The van der Waals surface area contributed by atoms with Gasteiger partial charge < -0.3 is 13.7 Å². The second-order valence-corrected chi connectivity index (χ2v) is 7.48. The van der Waals surface area contributed by atoms with Crippen molar-refractivity contribution in [1.29, 1.82) is 0 Å². The Morgan fingerprint density at radius 3 is 2.39 bits per heavy atom. The summed E-state index contributed by atoms with van der Waals surface area (Å²) >= 11 is 13.1. The summed E-state index contributed by atoms with van der Waals surface area (Å²) in [7, 11) is 0. The van der Waals surface area contributed by atoms with Gasteiger partial charge in [0.1, 0.15) is 17.2 Å². The number of aromatic nitrogens is 3. The van der Waals surface area contributed by atoms with Crippen molar-refractivity contribution in [1.82, 2.24) is 15.4 Å². The molecular formula is C19H13Cl2N3O3S. The fraction of sp³-hybridized carbons (Fsp3) is 0.105. The normalized spacial score (nSPS) is 10.9. The highest BCUT2D eigenvalue weighted by molar-refractivity contribution is 7.98. The third-order valence-corrected chi connectivity index (χ3v) is 5.01. The van der Waals surface area contributed by atoms with Gasteiger partial charge in [-0.1, -0.05) is 52.3 Å². The van der Waals surface area contributed by atoms with Gasteiger partial charge in [-0.15, -0.1) is 10.2 Å². The average Bonchev–Trinajstić information content (AvgIpc) is 3.36. The summed E-state index contributed by atoms with van der Waals surface area (Å²) in [6.07, 6.45) is 0. The Morgan fingerprint density at radius 1 is 0.929 bits per heavy atom. The minimum atomic E-state index is 0.179. The summed E-state index contributed by atoms with van der Waals surface area (Å²) in [5.41, 5.74) is 1.68. The largest absolute Gasteiger partial charge is 0.484 e. The molecular weight excluding hydrogens is 421 g/mol. The van der Waals surface area contributed by atoms with E-state index in [-0.39, 0.29) is 6.61 Å². The van der Waals surface area contributed by atoms with E-state index in [9.17, 15) is 0 Å². The number of nitrogens with zero attached hydrogens (tertiary/aromatic N) is 3. The fourth-order valence-corrected chi connectivity index (χ4v) is 3.21. The minimum Gasteiger partial charge on any atom is -0.484 e. The Bertz CT molecular complexity index is 1050. The third kappa shape index (κ3) is 4.86. The first-order valence-corrected chi connectivity index (χ1v) is 9.95. The molecule has 0 saturated heterocycles. The standard InChI is InChI=1S/C19H13Cl2N3O3S/c20-13-3-1-12(2-4-13)17-9-16(27-24-17)11-28-19-23-22-18(26-19)10-25-15-7-5-14(21)6-8-15/h1-9H,10-11H2. The maximum absolute atomic E-state index is 5.90. The molecule has 0 aliphatic heterocycles. The Kier molecular flexibility index (Phi) is 5.85. The van der Waals surface area contributed by atoms with Crippen LogP contribution in [0.4, 0.5) is 0 Å². The van der Waals surface area contributed by atoms with Crippen molar-refractivity contribution >= 4 is 35.0 Å². The van der Waals surface area contributed by atoms with Crippen LogP contribution < -0.4 is 4.74 Å². The lowest BCUT2D eigenvalue weighted by Crippen LogP contribution is -1.95. The van der Waals surface area contributed by atoms with Gasteiger partial charge in [0.05, 0.1) is 5.75 Å². The number of benzene rings is 2. The number of halogens is 2. The van der Waals surface area contributed by atoms with Crippen molar-refractivity contribution in [3.63, 3.8) is 0 Å². The Morgan fingerprint density at radius 2 is 1.64 bits per heavy atom. The molecule has 142 valence electrons. The van der Waals surface area contributed by atoms with Gasteiger partial charge in [0.15, 0.2) is 6.61 Å². The van der Waals surface area contributed by atoms with Crippen LogP contribution in [0, 0.1) is 0 Å². The fourth-order valence-electron chi connectivity index (χ4n) is 2.30. The summed E-state index contributed by atoms with van der Waals surface area (Å²) in [4.78, 5) is 0. The van der Waals surface area contributed by atoms with Gasteiger partial charge in [0.25, 0.3) is 11.1 Å². The predicted octanol–water partition coefficient (Wildman–Crippen LogP) is 5.90. The molecule has 4 aromatic rings. The summed E-state index contributed by atoms with van der Waals surface area (Å²) in [5.74, 6) is 2.28. The number of rotatable bonds is 7. The molecule has 0 bridgehead atoms. The molecule has 0 atom stereocenters. The smallest absolute Gasteiger partial charge is 0.277 e. The molecule has 2 heterocycles. The molecule has 0 fully saturated rings. The Labute approximate surface area is 174 Å². The van der Waals surface area contributed by atoms with Crippen molar-refractivity contribution in [2.75, 3.05) is 0 Å². The van der Waals surface area contributed by atoms with Crippen LogP contribution in [0.3, 0.4) is 0 Å². The number of thioether (sulfide) groups is 1. The van der Waals surface area contributed by atoms with Gasteiger partial charge >= 0.3 is 0 Å². The lowest BCUT2D eigenvalue weighted by atomic mass is 10.1. The molecule has 2 aromatic carbocycles. The van der Waals surface area contributed by atoms with E-state index in [1.54, 1.807) is 24.3 Å². The van der Waals surface area contributed by atoms with E-state index in [1.165, 1.54) is 11.8 Å². The maximum Gasteiger partial charge on any atom is 0.277 e. The highest BCUT2D eigenvalue weighted by atomic mass is 35.5. The number of hydrogen-bond acceptors (Lipinski definition) is 7. The molecule has 0 unspecified atom stereocenters. The lowest BCUT2D eigenvalue weighted by molar-refractivity contribution is 0.252. The molecule has 0 spiro atoms. The van der Waals surface area contributed by atoms with Gasteiger partial charge in [-0.2, -0.15) is 0 Å². The van der Waals surface area contributed by atoms with E-state index in [1.807, 2.05) is 30.3 Å². The number of ether oxygens (including phenoxy) is 1. The van der Waals surface area contributed by atoms with Crippen LogP contribution in [0.25, 0.3) is 11.3 Å². The van der Waals surface area contributed by atoms with Crippen LogP contribution in [0.5, 0.6) is 5.75 Å². The Balaban J connectivity index is 1.31. The molecule has 0 aliphatic carbocycles. The first kappa shape index (κ1) is 18.9. The molecule has 4 rings (SSSR count). The molecule has 0 amide bonds. The molecule has 2 aromatic heterocycles. The monoisotopic (exact) mass is 433 g/mol. The van der Waals surface area contributed by atoms with Crippen molar-refractivity contribution < 1.29 is 13.7 Å². The molecule has 9 heteroatoms. The highest BCUT2D eigenvalue weighted by Crippen LogP contribution is 2.26. The van der Waals surface area contributed by atoms with E-state index in [0.717, 1.165) is 11.3 Å². The summed E-state index contributed by atoms with van der Waals surface area (Å²) in [6.45, 7) is 0.179. The van der Waals surface area contributed by atoms with E-state index < -0.39 is 0 Å². The van der Waals surface area contributed by atoms with Crippen molar-refractivity contribution in [2.24, 2.45) is 0 Å². The van der Waals surface area contributed by atoms with E-state index in [4.69, 9.17) is 36.9 Å². The van der Waals surface area contributed by atoms with Crippen molar-refractivity contribution in [2.45, 2.75) is 17.6 Å². The molecule has 6 nitrogen and oxygen atoms in total. The zero-order chi connectivity index (χ0) is 19.3. The molecule has 0 N–H and O–H groups in total. The zero-order valence-corrected chi connectivity index (χ0v) is 16.7. The SMILES string of the molecule is Clc1ccc(OCc2nnc(SCc3cc(-c4ccc(Cl)cc4)no3)o2)cc1. The van der Waals surface area contributed by atoms with Crippen LogP contribution in [-0.2, 0) is 12.4 Å². The molecule has 0 radical (unpaired) electrons. The van der Waals surface area contributed by atoms with Crippen LogP contribution in [0.2, 0.25) is 10.0 Å². The average molecular weight is 434 g/mol. The zero-order valence-electron chi connectivity index (χ0n) is 14.3. The summed E-state index contributed by atoms with van der Waals surface area (Å²) in [5, 5.41) is 13.8. The first-order valence-electron chi connectivity index (χ1n) is 8.21. The summed E-state index contributed by atoms with van der Waals surface area (Å²) < 4.78 is 16.5. The maximum atomic E-state index is 5.90. The third-order valence-electron chi connectivity index (χ3n) is 3.66. The van der Waals surface area contributed by atoms with Gasteiger partial charge in [-0.25, -0.2) is 0 Å². The topological polar surface area (TPSA) is 74.2 Å². The van der Waals surface area contributed by atoms with Crippen LogP contribution in [0.1, 0.15) is 11.7 Å². The quantitative estimate of drug-likeness (QED) is 0.335. The second kappa shape index (κ2) is 8.68. The Hall–Kier alpha value is -2.48. The van der Waals surface area contributed by atoms with Crippen LogP contribution in [0.15, 0.2) is 68.8 Å². The highest BCUT2D eigenvalue weighted by Gasteiger charge is 2.11. The van der Waals surface area contributed by atoms with Gasteiger partial charge in [-0.3, -0.25) is 0 Å². The van der Waals surface area contributed by atoms with Gasteiger partial charge in [0, 0.05) is 21.7 Å². The number of hydrogen-bond donors (Lipinski definition) is 0.